The zero-order valence-electron chi connectivity index (χ0n) is 10.9. The van der Waals surface area contributed by atoms with Gasteiger partial charge in [0.2, 0.25) is 11.8 Å². The smallest absolute Gasteiger partial charge is 0.239 e. The molecule has 5 nitrogen and oxygen atoms in total. The van der Waals surface area contributed by atoms with Gasteiger partial charge in [0.1, 0.15) is 0 Å². The Kier molecular flexibility index (Phi) is 8.57. The Morgan fingerprint density at radius 2 is 1.79 bits per heavy atom. The van der Waals surface area contributed by atoms with Crippen molar-refractivity contribution >= 4 is 24.2 Å². The summed E-state index contributed by atoms with van der Waals surface area (Å²) in [5, 5.41) is 5.19. The van der Waals surface area contributed by atoms with Crippen LogP contribution in [-0.2, 0) is 9.59 Å². The molecule has 1 aromatic rings. The first-order chi connectivity index (χ1) is 8.63. The number of nitrogens with two attached hydrogens (primary N) is 1. The molecule has 1 aromatic carbocycles. The predicted octanol–water partition coefficient (Wildman–Crippen LogP) is 0.403. The van der Waals surface area contributed by atoms with E-state index < -0.39 is 0 Å². The van der Waals surface area contributed by atoms with E-state index in [1.165, 1.54) is 5.56 Å². The van der Waals surface area contributed by atoms with Gasteiger partial charge < -0.3 is 16.4 Å². The largest absolute Gasteiger partial charge is 0.354 e. The van der Waals surface area contributed by atoms with Crippen molar-refractivity contribution in [3.05, 3.63) is 35.9 Å². The third kappa shape index (κ3) is 6.79. The van der Waals surface area contributed by atoms with Crippen molar-refractivity contribution in [3.63, 3.8) is 0 Å². The molecule has 1 unspecified atom stereocenters. The summed E-state index contributed by atoms with van der Waals surface area (Å²) in [4.78, 5) is 22.3. The first kappa shape index (κ1) is 17.4. The third-order valence-electron chi connectivity index (χ3n) is 2.61. The summed E-state index contributed by atoms with van der Waals surface area (Å²) in [5.41, 5.74) is 6.28. The molecule has 2 amide bonds. The standard InChI is InChI=1S/C13H19N3O2.ClH/c1-10(11-5-3-2-4-6-11)8-15-13(18)9-16-12(17)7-14;/h2-6,10H,7-9,14H2,1H3,(H,15,18)(H,16,17);1H. The molecule has 1 atom stereocenters. The summed E-state index contributed by atoms with van der Waals surface area (Å²) in [7, 11) is 0. The summed E-state index contributed by atoms with van der Waals surface area (Å²) in [6, 6.07) is 9.93. The SMILES string of the molecule is CC(CNC(=O)CNC(=O)CN)c1ccccc1.Cl. The number of carbonyl (C=O) groups excluding carboxylic acids is 2. The Bertz CT molecular complexity index is 398. The minimum absolute atomic E-state index is 0. The maximum absolute atomic E-state index is 11.4. The number of hydrogen-bond acceptors (Lipinski definition) is 3. The Morgan fingerprint density at radius 3 is 2.37 bits per heavy atom. The molecule has 0 bridgehead atoms. The fraction of sp³-hybridized carbons (Fsp3) is 0.385. The van der Waals surface area contributed by atoms with E-state index in [4.69, 9.17) is 5.73 Å². The van der Waals surface area contributed by atoms with Gasteiger partial charge in [-0.2, -0.15) is 0 Å². The zero-order chi connectivity index (χ0) is 13.4. The quantitative estimate of drug-likeness (QED) is 0.707. The van der Waals surface area contributed by atoms with Crippen LogP contribution in [0.25, 0.3) is 0 Å². The van der Waals surface area contributed by atoms with Crippen LogP contribution in [0.4, 0.5) is 0 Å². The van der Waals surface area contributed by atoms with Crippen LogP contribution < -0.4 is 16.4 Å². The number of rotatable bonds is 6. The Labute approximate surface area is 119 Å². The molecule has 0 aromatic heterocycles. The van der Waals surface area contributed by atoms with Gasteiger partial charge in [-0.1, -0.05) is 37.3 Å². The van der Waals surface area contributed by atoms with Crippen molar-refractivity contribution in [2.75, 3.05) is 19.6 Å². The second-order valence-corrected chi connectivity index (χ2v) is 4.10. The van der Waals surface area contributed by atoms with E-state index in [1.807, 2.05) is 37.3 Å². The highest BCUT2D eigenvalue weighted by Gasteiger charge is 2.08. The Balaban J connectivity index is 0.00000324. The maximum atomic E-state index is 11.4. The molecule has 0 fully saturated rings. The van der Waals surface area contributed by atoms with Crippen LogP contribution in [0.15, 0.2) is 30.3 Å². The predicted molar refractivity (Wildman–Crippen MR) is 77.2 cm³/mol. The van der Waals surface area contributed by atoms with Gasteiger partial charge >= 0.3 is 0 Å². The van der Waals surface area contributed by atoms with E-state index in [-0.39, 0.29) is 43.2 Å². The summed E-state index contributed by atoms with van der Waals surface area (Å²) >= 11 is 0. The molecule has 0 heterocycles. The maximum Gasteiger partial charge on any atom is 0.239 e. The van der Waals surface area contributed by atoms with Crippen molar-refractivity contribution in [3.8, 4) is 0 Å². The highest BCUT2D eigenvalue weighted by atomic mass is 35.5. The molecule has 0 aliphatic rings. The van der Waals surface area contributed by atoms with Crippen molar-refractivity contribution in [1.82, 2.24) is 10.6 Å². The average Bonchev–Trinajstić information content (AvgIpc) is 2.42. The van der Waals surface area contributed by atoms with Crippen LogP contribution in [0.2, 0.25) is 0 Å². The van der Waals surface area contributed by atoms with E-state index in [1.54, 1.807) is 0 Å². The fourth-order valence-electron chi connectivity index (χ4n) is 1.48. The fourth-order valence-corrected chi connectivity index (χ4v) is 1.48. The zero-order valence-corrected chi connectivity index (χ0v) is 11.7. The molecule has 106 valence electrons. The number of hydrogen-bond donors (Lipinski definition) is 3. The number of amides is 2. The van der Waals surface area contributed by atoms with Crippen molar-refractivity contribution in [2.45, 2.75) is 12.8 Å². The molecular formula is C13H20ClN3O2. The topological polar surface area (TPSA) is 84.2 Å². The molecule has 19 heavy (non-hydrogen) atoms. The summed E-state index contributed by atoms with van der Waals surface area (Å²) in [6.07, 6.45) is 0. The first-order valence-corrected chi connectivity index (χ1v) is 5.92. The molecule has 0 aliphatic heterocycles. The molecule has 1 rings (SSSR count). The molecule has 0 aliphatic carbocycles. The van der Waals surface area contributed by atoms with Crippen molar-refractivity contribution in [2.24, 2.45) is 5.73 Å². The van der Waals surface area contributed by atoms with E-state index in [0.717, 1.165) is 0 Å². The van der Waals surface area contributed by atoms with Crippen LogP contribution in [0.5, 0.6) is 0 Å². The number of halogens is 1. The molecule has 0 saturated heterocycles. The number of benzene rings is 1. The third-order valence-corrected chi connectivity index (χ3v) is 2.61. The van der Waals surface area contributed by atoms with Gasteiger partial charge in [0.15, 0.2) is 0 Å². The van der Waals surface area contributed by atoms with Crippen LogP contribution in [0, 0.1) is 0 Å². The minimum atomic E-state index is -0.332. The van der Waals surface area contributed by atoms with Gasteiger partial charge in [-0.3, -0.25) is 9.59 Å². The highest BCUT2D eigenvalue weighted by Crippen LogP contribution is 2.12. The van der Waals surface area contributed by atoms with Gasteiger partial charge in [0, 0.05) is 6.54 Å². The van der Waals surface area contributed by atoms with Crippen LogP contribution >= 0.6 is 12.4 Å². The van der Waals surface area contributed by atoms with E-state index >= 15 is 0 Å². The molecule has 0 radical (unpaired) electrons. The van der Waals surface area contributed by atoms with Crippen molar-refractivity contribution in [1.29, 1.82) is 0 Å². The second kappa shape index (κ2) is 9.35. The summed E-state index contributed by atoms with van der Waals surface area (Å²) < 4.78 is 0. The second-order valence-electron chi connectivity index (χ2n) is 4.10. The Morgan fingerprint density at radius 1 is 1.16 bits per heavy atom. The van der Waals surface area contributed by atoms with E-state index in [2.05, 4.69) is 10.6 Å². The monoisotopic (exact) mass is 285 g/mol. The minimum Gasteiger partial charge on any atom is -0.354 e. The van der Waals surface area contributed by atoms with Gasteiger partial charge in [-0.15, -0.1) is 12.4 Å². The van der Waals surface area contributed by atoms with Crippen LogP contribution in [0.3, 0.4) is 0 Å². The molecule has 0 saturated carbocycles. The van der Waals surface area contributed by atoms with E-state index in [0.29, 0.717) is 6.54 Å². The summed E-state index contributed by atoms with van der Waals surface area (Å²) in [6.45, 7) is 2.45. The number of carbonyl (C=O) groups is 2. The lowest BCUT2D eigenvalue weighted by Gasteiger charge is -2.13. The molecule has 6 heteroatoms. The normalized spacial score (nSPS) is 11.1. The summed E-state index contributed by atoms with van der Waals surface area (Å²) in [5.74, 6) is -0.304. The molecule has 0 spiro atoms. The highest BCUT2D eigenvalue weighted by molar-refractivity contribution is 5.85. The van der Waals surface area contributed by atoms with E-state index in [9.17, 15) is 9.59 Å². The lowest BCUT2D eigenvalue weighted by atomic mass is 10.0. The number of nitrogens with one attached hydrogen (secondary N) is 2. The average molecular weight is 286 g/mol. The first-order valence-electron chi connectivity index (χ1n) is 5.92. The van der Waals surface area contributed by atoms with Gasteiger partial charge in [0.05, 0.1) is 13.1 Å². The van der Waals surface area contributed by atoms with Crippen molar-refractivity contribution < 1.29 is 9.59 Å². The molecule has 4 N–H and O–H groups in total. The van der Waals surface area contributed by atoms with Crippen LogP contribution in [0.1, 0.15) is 18.4 Å². The van der Waals surface area contributed by atoms with Crippen LogP contribution in [-0.4, -0.2) is 31.4 Å². The molecular weight excluding hydrogens is 266 g/mol. The lowest BCUT2D eigenvalue weighted by molar-refractivity contribution is -0.125. The Hall–Kier alpha value is -1.59. The van der Waals surface area contributed by atoms with Gasteiger partial charge in [-0.05, 0) is 11.5 Å². The lowest BCUT2D eigenvalue weighted by Crippen LogP contribution is -2.40. The van der Waals surface area contributed by atoms with Gasteiger partial charge in [-0.25, -0.2) is 0 Å². The van der Waals surface area contributed by atoms with Gasteiger partial charge in [0.25, 0.3) is 0 Å².